The van der Waals surface area contributed by atoms with Gasteiger partial charge in [-0.3, -0.25) is 0 Å². The maximum absolute atomic E-state index is 4.98. The lowest BCUT2D eigenvalue weighted by molar-refractivity contribution is 1.04. The van der Waals surface area contributed by atoms with Gasteiger partial charge in [-0.15, -0.1) is 6.58 Å². The molecule has 44 heavy (non-hydrogen) atoms. The van der Waals surface area contributed by atoms with Crippen molar-refractivity contribution in [3.8, 4) is 11.3 Å². The molecule has 5 aromatic carbocycles. The number of fused-ring (bicyclic) bond motifs is 1. The van der Waals surface area contributed by atoms with Gasteiger partial charge in [-0.05, 0) is 93.1 Å². The van der Waals surface area contributed by atoms with Crippen molar-refractivity contribution in [2.75, 3.05) is 9.80 Å². The zero-order valence-corrected chi connectivity index (χ0v) is 25.7. The molecule has 4 heteroatoms. The van der Waals surface area contributed by atoms with Gasteiger partial charge < -0.3 is 9.80 Å². The second kappa shape index (κ2) is 14.1. The summed E-state index contributed by atoms with van der Waals surface area (Å²) in [7, 11) is 0. The van der Waals surface area contributed by atoms with Gasteiger partial charge in [0.15, 0.2) is 0 Å². The minimum atomic E-state index is 0.821. The molecule has 6 rings (SSSR count). The average molecular weight is 575 g/mol. The molecule has 0 atom stereocenters. The normalized spacial score (nSPS) is 10.4. The summed E-state index contributed by atoms with van der Waals surface area (Å²) in [6, 6.07) is 46.1. The summed E-state index contributed by atoms with van der Waals surface area (Å²) in [4.78, 5) is 14.3. The predicted molar refractivity (Wildman–Crippen MR) is 188 cm³/mol. The lowest BCUT2D eigenvalue weighted by Crippen LogP contribution is -2.14. The van der Waals surface area contributed by atoms with Crippen molar-refractivity contribution in [3.63, 3.8) is 0 Å². The highest BCUT2D eigenvalue weighted by molar-refractivity contribution is 5.82. The first-order valence-electron chi connectivity index (χ1n) is 14.9. The van der Waals surface area contributed by atoms with E-state index in [0.29, 0.717) is 0 Å². The summed E-state index contributed by atoms with van der Waals surface area (Å²) in [5, 5.41) is 0. The van der Waals surface area contributed by atoms with Crippen LogP contribution in [0.5, 0.6) is 0 Å². The van der Waals surface area contributed by atoms with Crippen LogP contribution in [0.3, 0.4) is 0 Å². The number of aryl methyl sites for hydroxylation is 1. The first kappa shape index (κ1) is 30.0. The van der Waals surface area contributed by atoms with Crippen LogP contribution in [-0.4, -0.2) is 9.97 Å². The molecule has 0 unspecified atom stereocenters. The topological polar surface area (TPSA) is 32.3 Å². The Morgan fingerprint density at radius 3 is 1.55 bits per heavy atom. The van der Waals surface area contributed by atoms with Crippen molar-refractivity contribution >= 4 is 39.5 Å². The molecule has 0 fully saturated rings. The molecule has 0 spiro atoms. The van der Waals surface area contributed by atoms with E-state index < -0.39 is 0 Å². The lowest BCUT2D eigenvalue weighted by Gasteiger charge is -2.28. The van der Waals surface area contributed by atoms with Gasteiger partial charge >= 0.3 is 0 Å². The third-order valence-electron chi connectivity index (χ3n) is 7.15. The number of rotatable bonds is 8. The Labute approximate surface area is 261 Å². The van der Waals surface area contributed by atoms with Crippen LogP contribution >= 0.6 is 0 Å². The van der Waals surface area contributed by atoms with Crippen molar-refractivity contribution in [2.45, 2.75) is 27.2 Å². The molecule has 0 aliphatic carbocycles. The van der Waals surface area contributed by atoms with Gasteiger partial charge in [-0.25, -0.2) is 9.97 Å². The monoisotopic (exact) mass is 574 g/mol. The molecule has 4 nitrogen and oxygen atoms in total. The SMILES string of the molecule is C=C(C)N(c1ccccc1)c1ccc(N(c2ccccc2)c2ccc(-c3nc4ccccc4nc3CC)cc2)cc1.C=CC. The molecule has 1 aromatic heterocycles. The number of para-hydroxylation sites is 4. The van der Waals surface area contributed by atoms with Crippen LogP contribution in [0.15, 0.2) is 158 Å². The molecule has 0 saturated carbocycles. The van der Waals surface area contributed by atoms with E-state index in [1.54, 1.807) is 6.08 Å². The fraction of sp³-hybridized carbons (Fsp3) is 0.100. The fourth-order valence-electron chi connectivity index (χ4n) is 5.22. The summed E-state index contributed by atoms with van der Waals surface area (Å²) in [6.45, 7) is 13.6. The molecule has 0 aliphatic rings. The molecule has 218 valence electrons. The highest BCUT2D eigenvalue weighted by atomic mass is 15.2. The predicted octanol–water partition coefficient (Wildman–Crippen LogP) is 11.2. The van der Waals surface area contributed by atoms with Gasteiger partial charge in [0.05, 0.1) is 22.4 Å². The van der Waals surface area contributed by atoms with E-state index in [1.165, 1.54) is 0 Å². The summed E-state index contributed by atoms with van der Waals surface area (Å²) >= 11 is 0. The van der Waals surface area contributed by atoms with Crippen LogP contribution in [0.4, 0.5) is 28.4 Å². The van der Waals surface area contributed by atoms with Gasteiger partial charge in [-0.1, -0.05) is 80.2 Å². The van der Waals surface area contributed by atoms with Gasteiger partial charge in [0, 0.05) is 39.7 Å². The Balaban J connectivity index is 0.00000123. The fourth-order valence-corrected chi connectivity index (χ4v) is 5.22. The van der Waals surface area contributed by atoms with Crippen LogP contribution in [0.25, 0.3) is 22.3 Å². The Kier molecular flexibility index (Phi) is 9.63. The first-order chi connectivity index (χ1) is 21.5. The molecular weight excluding hydrogens is 536 g/mol. The lowest BCUT2D eigenvalue weighted by atomic mass is 10.1. The Hall–Kier alpha value is -5.48. The average Bonchev–Trinajstić information content (AvgIpc) is 3.06. The van der Waals surface area contributed by atoms with E-state index in [0.717, 1.165) is 68.5 Å². The third-order valence-corrected chi connectivity index (χ3v) is 7.15. The molecular formula is C40H38N4. The number of hydrogen-bond donors (Lipinski definition) is 0. The number of hydrogen-bond acceptors (Lipinski definition) is 4. The van der Waals surface area contributed by atoms with Gasteiger partial charge in [0.25, 0.3) is 0 Å². The van der Waals surface area contributed by atoms with Gasteiger partial charge in [0.1, 0.15) is 0 Å². The first-order valence-corrected chi connectivity index (χ1v) is 14.9. The van der Waals surface area contributed by atoms with Crippen molar-refractivity contribution in [2.24, 2.45) is 0 Å². The van der Waals surface area contributed by atoms with Crippen molar-refractivity contribution in [3.05, 3.63) is 164 Å². The van der Waals surface area contributed by atoms with Crippen LogP contribution in [-0.2, 0) is 6.42 Å². The zero-order chi connectivity index (χ0) is 30.9. The molecule has 6 aromatic rings. The third kappa shape index (κ3) is 6.61. The second-order valence-electron chi connectivity index (χ2n) is 10.4. The minimum absolute atomic E-state index is 0.821. The molecule has 0 amide bonds. The summed E-state index contributed by atoms with van der Waals surface area (Å²) in [5.41, 5.74) is 11.2. The summed E-state index contributed by atoms with van der Waals surface area (Å²) < 4.78 is 0. The quantitative estimate of drug-likeness (QED) is 0.169. The minimum Gasteiger partial charge on any atom is -0.315 e. The van der Waals surface area contributed by atoms with E-state index in [2.05, 4.69) is 115 Å². The van der Waals surface area contributed by atoms with Crippen LogP contribution in [0, 0.1) is 0 Å². The smallest absolute Gasteiger partial charge is 0.0925 e. The molecule has 0 N–H and O–H groups in total. The van der Waals surface area contributed by atoms with Crippen molar-refractivity contribution in [1.82, 2.24) is 9.97 Å². The summed E-state index contributed by atoms with van der Waals surface area (Å²) in [6.07, 6.45) is 2.57. The Morgan fingerprint density at radius 1 is 0.614 bits per heavy atom. The molecule has 1 heterocycles. The van der Waals surface area contributed by atoms with E-state index in [4.69, 9.17) is 9.97 Å². The largest absolute Gasteiger partial charge is 0.315 e. The maximum Gasteiger partial charge on any atom is 0.0925 e. The molecule has 0 saturated heterocycles. The highest BCUT2D eigenvalue weighted by Gasteiger charge is 2.16. The number of aromatic nitrogens is 2. The van der Waals surface area contributed by atoms with Crippen LogP contribution < -0.4 is 9.80 Å². The van der Waals surface area contributed by atoms with Gasteiger partial charge in [0.2, 0.25) is 0 Å². The number of allylic oxidation sites excluding steroid dienone is 2. The number of benzene rings is 5. The van der Waals surface area contributed by atoms with E-state index in [9.17, 15) is 0 Å². The molecule has 0 bridgehead atoms. The highest BCUT2D eigenvalue weighted by Crippen LogP contribution is 2.38. The zero-order valence-electron chi connectivity index (χ0n) is 25.7. The second-order valence-corrected chi connectivity index (χ2v) is 10.4. The molecule has 0 radical (unpaired) electrons. The number of nitrogens with zero attached hydrogens (tertiary/aromatic N) is 4. The van der Waals surface area contributed by atoms with Crippen molar-refractivity contribution in [1.29, 1.82) is 0 Å². The van der Waals surface area contributed by atoms with Crippen LogP contribution in [0.1, 0.15) is 26.5 Å². The number of anilines is 5. The van der Waals surface area contributed by atoms with Crippen molar-refractivity contribution < 1.29 is 0 Å². The standard InChI is InChI=1S/C37H32N4.C3H6/c1-4-34-37(39-36-18-12-11-17-35(36)38-34)28-19-21-32(22-20-28)41(30-15-9-6-10-16-30)33-25-23-31(24-26-33)40(27(2)3)29-13-7-5-8-14-29;1-3-2/h5-26H,2,4H2,1,3H3;3H,1H2,2H3. The van der Waals surface area contributed by atoms with E-state index in [1.807, 2.05) is 62.4 Å². The van der Waals surface area contributed by atoms with Crippen LogP contribution in [0.2, 0.25) is 0 Å². The Morgan fingerprint density at radius 2 is 1.02 bits per heavy atom. The van der Waals surface area contributed by atoms with E-state index >= 15 is 0 Å². The maximum atomic E-state index is 4.98. The van der Waals surface area contributed by atoms with Gasteiger partial charge in [-0.2, -0.15) is 0 Å². The van der Waals surface area contributed by atoms with E-state index in [-0.39, 0.29) is 0 Å². The molecule has 0 aliphatic heterocycles. The Bertz CT molecular complexity index is 1830. The summed E-state index contributed by atoms with van der Waals surface area (Å²) in [5.74, 6) is 0.